The third kappa shape index (κ3) is 3.43. The summed E-state index contributed by atoms with van der Waals surface area (Å²) in [5.41, 5.74) is 5.89. The normalized spacial score (nSPS) is 16.2. The lowest BCUT2D eigenvalue weighted by Gasteiger charge is -2.31. The molecule has 1 aromatic carbocycles. The first-order valence-electron chi connectivity index (χ1n) is 6.21. The van der Waals surface area contributed by atoms with E-state index < -0.39 is 0 Å². The van der Waals surface area contributed by atoms with Crippen molar-refractivity contribution >= 4 is 17.6 Å². The van der Waals surface area contributed by atoms with Crippen LogP contribution < -0.4 is 11.1 Å². The third-order valence-corrected chi connectivity index (χ3v) is 3.30. The van der Waals surface area contributed by atoms with E-state index >= 15 is 0 Å². The number of carbonyl (C=O) groups excluding carboxylic acids is 1. The number of benzene rings is 1. The number of hydrogen-bond donors (Lipinski definition) is 3. The summed E-state index contributed by atoms with van der Waals surface area (Å²) < 4.78 is 13.0. The zero-order chi connectivity index (χ0) is 13.8. The molecule has 0 bridgehead atoms. The molecule has 0 aromatic heterocycles. The van der Waals surface area contributed by atoms with E-state index in [2.05, 4.69) is 5.32 Å². The first-order valence-corrected chi connectivity index (χ1v) is 6.21. The Hall–Kier alpha value is -2.11. The molecule has 6 heteroatoms. The van der Waals surface area contributed by atoms with Gasteiger partial charge < -0.3 is 16.0 Å². The summed E-state index contributed by atoms with van der Waals surface area (Å²) in [4.78, 5) is 13.6. The van der Waals surface area contributed by atoms with E-state index in [0.717, 1.165) is 0 Å². The van der Waals surface area contributed by atoms with Gasteiger partial charge in [0.05, 0.1) is 5.84 Å². The highest BCUT2D eigenvalue weighted by Gasteiger charge is 2.24. The molecule has 1 saturated heterocycles. The highest BCUT2D eigenvalue weighted by molar-refractivity contribution is 5.89. The topological polar surface area (TPSA) is 82.2 Å². The van der Waals surface area contributed by atoms with Gasteiger partial charge >= 0.3 is 6.03 Å². The zero-order valence-electron chi connectivity index (χ0n) is 10.5. The Kier molecular flexibility index (Phi) is 3.99. The molecule has 1 fully saturated rings. The molecule has 1 aliphatic heterocycles. The molecule has 0 radical (unpaired) electrons. The van der Waals surface area contributed by atoms with Crippen molar-refractivity contribution in [2.75, 3.05) is 18.4 Å². The number of carbonyl (C=O) groups is 1. The number of piperidine rings is 1. The van der Waals surface area contributed by atoms with Gasteiger partial charge in [0.25, 0.3) is 0 Å². The number of urea groups is 1. The van der Waals surface area contributed by atoms with Crippen molar-refractivity contribution < 1.29 is 9.18 Å². The number of rotatable bonds is 2. The van der Waals surface area contributed by atoms with E-state index in [1.807, 2.05) is 0 Å². The number of hydrogen-bond acceptors (Lipinski definition) is 2. The molecule has 0 saturated carbocycles. The van der Waals surface area contributed by atoms with E-state index in [1.165, 1.54) is 12.1 Å². The first-order chi connectivity index (χ1) is 9.06. The number of amides is 2. The number of halogens is 1. The van der Waals surface area contributed by atoms with E-state index in [1.54, 1.807) is 17.0 Å². The second-order valence-electron chi connectivity index (χ2n) is 4.66. The predicted molar refractivity (Wildman–Crippen MR) is 71.6 cm³/mol. The summed E-state index contributed by atoms with van der Waals surface area (Å²) >= 11 is 0. The van der Waals surface area contributed by atoms with Crippen LogP contribution in [0.1, 0.15) is 12.8 Å². The number of nitrogens with zero attached hydrogens (tertiary/aromatic N) is 1. The molecule has 2 rings (SSSR count). The Morgan fingerprint density at radius 3 is 2.68 bits per heavy atom. The summed E-state index contributed by atoms with van der Waals surface area (Å²) in [6.07, 6.45) is 1.40. The van der Waals surface area contributed by atoms with Gasteiger partial charge in [-0.05, 0) is 31.0 Å². The minimum Gasteiger partial charge on any atom is -0.387 e. The lowest BCUT2D eigenvalue weighted by atomic mass is 9.96. The van der Waals surface area contributed by atoms with Crippen LogP contribution in [0.5, 0.6) is 0 Å². The monoisotopic (exact) mass is 264 g/mol. The molecule has 5 nitrogen and oxygen atoms in total. The fourth-order valence-electron chi connectivity index (χ4n) is 2.16. The largest absolute Gasteiger partial charge is 0.387 e. The Balaban J connectivity index is 1.90. The molecule has 102 valence electrons. The van der Waals surface area contributed by atoms with Crippen molar-refractivity contribution in [1.29, 1.82) is 5.41 Å². The van der Waals surface area contributed by atoms with Crippen LogP contribution in [0, 0.1) is 17.1 Å². The second-order valence-corrected chi connectivity index (χ2v) is 4.66. The maximum atomic E-state index is 13.0. The highest BCUT2D eigenvalue weighted by Crippen LogP contribution is 2.18. The molecule has 4 N–H and O–H groups in total. The van der Waals surface area contributed by atoms with Crippen molar-refractivity contribution in [2.45, 2.75) is 12.8 Å². The molecule has 1 heterocycles. The van der Waals surface area contributed by atoms with Gasteiger partial charge in [-0.25, -0.2) is 9.18 Å². The Morgan fingerprint density at radius 2 is 2.11 bits per heavy atom. The third-order valence-electron chi connectivity index (χ3n) is 3.30. The molecule has 0 unspecified atom stereocenters. The molecule has 1 aliphatic rings. The molecule has 0 atom stereocenters. The fraction of sp³-hybridized carbons (Fsp3) is 0.385. The highest BCUT2D eigenvalue weighted by atomic mass is 19.1. The smallest absolute Gasteiger partial charge is 0.321 e. The predicted octanol–water partition coefficient (Wildman–Crippen LogP) is 2.01. The van der Waals surface area contributed by atoms with Gasteiger partial charge in [0.1, 0.15) is 5.82 Å². The van der Waals surface area contributed by atoms with Crippen molar-refractivity contribution in [3.8, 4) is 0 Å². The average Bonchev–Trinajstić information content (AvgIpc) is 2.39. The molecular weight excluding hydrogens is 247 g/mol. The molecule has 2 amide bonds. The van der Waals surface area contributed by atoms with Crippen molar-refractivity contribution in [1.82, 2.24) is 4.90 Å². The quantitative estimate of drug-likeness (QED) is 0.564. The number of likely N-dealkylation sites (tertiary alicyclic amines) is 1. The minimum absolute atomic E-state index is 0.0678. The van der Waals surface area contributed by atoms with Gasteiger partial charge in [0.2, 0.25) is 0 Å². The molecular formula is C13H17FN4O. The number of anilines is 1. The first kappa shape index (κ1) is 13.3. The molecule has 1 aromatic rings. The van der Waals surface area contributed by atoms with E-state index in [-0.39, 0.29) is 23.6 Å². The lowest BCUT2D eigenvalue weighted by molar-refractivity contribution is 0.193. The van der Waals surface area contributed by atoms with Crippen molar-refractivity contribution in [3.63, 3.8) is 0 Å². The standard InChI is InChI=1S/C13H17FN4O/c14-10-2-1-3-11(8-10)17-13(19)18-6-4-9(5-7-18)12(15)16/h1-3,8-9H,4-7H2,(H3,15,16)(H,17,19). The summed E-state index contributed by atoms with van der Waals surface area (Å²) in [7, 11) is 0. The van der Waals surface area contributed by atoms with Crippen LogP contribution in [0.15, 0.2) is 24.3 Å². The molecule has 0 spiro atoms. The van der Waals surface area contributed by atoms with Crippen molar-refractivity contribution in [3.05, 3.63) is 30.1 Å². The molecule has 19 heavy (non-hydrogen) atoms. The fourth-order valence-corrected chi connectivity index (χ4v) is 2.16. The van der Waals surface area contributed by atoms with Crippen LogP contribution in [0.3, 0.4) is 0 Å². The van der Waals surface area contributed by atoms with Crippen LogP contribution in [0.2, 0.25) is 0 Å². The number of nitrogens with two attached hydrogens (primary N) is 1. The average molecular weight is 264 g/mol. The zero-order valence-corrected chi connectivity index (χ0v) is 10.5. The maximum Gasteiger partial charge on any atom is 0.321 e. The number of nitrogens with one attached hydrogen (secondary N) is 2. The molecule has 0 aliphatic carbocycles. The lowest BCUT2D eigenvalue weighted by Crippen LogP contribution is -2.43. The van der Waals surface area contributed by atoms with Crippen LogP contribution in [-0.4, -0.2) is 29.9 Å². The van der Waals surface area contributed by atoms with Crippen LogP contribution in [-0.2, 0) is 0 Å². The second kappa shape index (κ2) is 5.69. The van der Waals surface area contributed by atoms with Gasteiger partial charge in [-0.3, -0.25) is 5.41 Å². The van der Waals surface area contributed by atoms with Gasteiger partial charge in [-0.1, -0.05) is 6.07 Å². The van der Waals surface area contributed by atoms with Gasteiger partial charge in [-0.15, -0.1) is 0 Å². The maximum absolute atomic E-state index is 13.0. The van der Waals surface area contributed by atoms with Gasteiger partial charge in [0.15, 0.2) is 0 Å². The van der Waals surface area contributed by atoms with Crippen LogP contribution >= 0.6 is 0 Å². The minimum atomic E-state index is -0.381. The van der Waals surface area contributed by atoms with Gasteiger partial charge in [0, 0.05) is 24.7 Å². The van der Waals surface area contributed by atoms with E-state index in [9.17, 15) is 9.18 Å². The summed E-state index contributed by atoms with van der Waals surface area (Å²) in [5, 5.41) is 10.0. The van der Waals surface area contributed by atoms with E-state index in [4.69, 9.17) is 11.1 Å². The van der Waals surface area contributed by atoms with Gasteiger partial charge in [-0.2, -0.15) is 0 Å². The van der Waals surface area contributed by atoms with Crippen LogP contribution in [0.25, 0.3) is 0 Å². The summed E-state index contributed by atoms with van der Waals surface area (Å²) in [5.74, 6) is -0.128. The van der Waals surface area contributed by atoms with Crippen LogP contribution in [0.4, 0.5) is 14.9 Å². The summed E-state index contributed by atoms with van der Waals surface area (Å²) in [6, 6.07) is 5.55. The Bertz CT molecular complexity index is 483. The summed E-state index contributed by atoms with van der Waals surface area (Å²) in [6.45, 7) is 1.12. The SMILES string of the molecule is N=C(N)C1CCN(C(=O)Nc2cccc(F)c2)CC1. The Labute approximate surface area is 111 Å². The van der Waals surface area contributed by atoms with Crippen molar-refractivity contribution in [2.24, 2.45) is 11.7 Å². The number of amidine groups is 1. The van der Waals surface area contributed by atoms with E-state index in [0.29, 0.717) is 31.6 Å². The Morgan fingerprint density at radius 1 is 1.42 bits per heavy atom.